The molecule has 6 heteroatoms. The number of amides is 2. The molecule has 6 nitrogen and oxygen atoms in total. The number of rotatable bonds is 10. The van der Waals surface area contributed by atoms with Gasteiger partial charge in [-0.1, -0.05) is 6.92 Å². The third-order valence-corrected chi connectivity index (χ3v) is 2.98. The topological polar surface area (TPSA) is 67.9 Å². The highest BCUT2D eigenvalue weighted by Gasteiger charge is 2.37. The molecule has 1 saturated heterocycles. The van der Waals surface area contributed by atoms with Crippen molar-refractivity contribution < 1.29 is 19.1 Å². The van der Waals surface area contributed by atoms with E-state index in [9.17, 15) is 9.59 Å². The summed E-state index contributed by atoms with van der Waals surface area (Å²) in [4.78, 5) is 24.9. The Kier molecular flexibility index (Phi) is 7.62. The minimum atomic E-state index is -0.349. The molecular weight excluding hydrogens is 248 g/mol. The van der Waals surface area contributed by atoms with Crippen LogP contribution in [0.4, 0.5) is 0 Å². The highest BCUT2D eigenvalue weighted by atomic mass is 16.5. The van der Waals surface area contributed by atoms with Crippen molar-refractivity contribution >= 4 is 11.8 Å². The van der Waals surface area contributed by atoms with Gasteiger partial charge in [-0.2, -0.15) is 0 Å². The quantitative estimate of drug-likeness (QED) is 0.453. The minimum absolute atomic E-state index is 0.0688. The van der Waals surface area contributed by atoms with Gasteiger partial charge in [0.15, 0.2) is 0 Å². The normalized spacial score (nSPS) is 19.5. The first kappa shape index (κ1) is 16.1. The van der Waals surface area contributed by atoms with Crippen LogP contribution < -0.4 is 5.32 Å². The summed E-state index contributed by atoms with van der Waals surface area (Å²) >= 11 is 0. The summed E-state index contributed by atoms with van der Waals surface area (Å²) in [6.45, 7) is 4.96. The number of hydrogen-bond acceptors (Lipinski definition) is 5. The van der Waals surface area contributed by atoms with Crippen LogP contribution in [-0.2, 0) is 19.1 Å². The second-order valence-corrected chi connectivity index (χ2v) is 4.55. The molecule has 1 unspecified atom stereocenters. The van der Waals surface area contributed by atoms with Gasteiger partial charge < -0.3 is 14.8 Å². The zero-order valence-corrected chi connectivity index (χ0v) is 11.8. The number of likely N-dealkylation sites (tertiary alicyclic amines) is 1. The van der Waals surface area contributed by atoms with Crippen molar-refractivity contribution in [3.05, 3.63) is 0 Å². The van der Waals surface area contributed by atoms with E-state index in [1.165, 1.54) is 4.90 Å². The maximum absolute atomic E-state index is 11.9. The monoisotopic (exact) mass is 272 g/mol. The van der Waals surface area contributed by atoms with Gasteiger partial charge in [0.25, 0.3) is 0 Å². The molecule has 1 N–H and O–H groups in total. The Morgan fingerprint density at radius 1 is 1.32 bits per heavy atom. The molecule has 0 aromatic carbocycles. The number of imide groups is 1. The molecule has 0 aromatic heterocycles. The Balaban J connectivity index is 2.13. The summed E-state index contributed by atoms with van der Waals surface area (Å²) in [5.74, 6) is -0.159. The third kappa shape index (κ3) is 5.26. The summed E-state index contributed by atoms with van der Waals surface area (Å²) in [5, 5.41) is 3.12. The predicted molar refractivity (Wildman–Crippen MR) is 70.7 cm³/mol. The first-order valence-corrected chi connectivity index (χ1v) is 6.85. The van der Waals surface area contributed by atoms with Crippen LogP contribution in [-0.4, -0.2) is 62.8 Å². The summed E-state index contributed by atoms with van der Waals surface area (Å²) < 4.78 is 10.2. The summed E-state index contributed by atoms with van der Waals surface area (Å²) in [5.41, 5.74) is 0. The van der Waals surface area contributed by atoms with Gasteiger partial charge in [-0.3, -0.25) is 14.5 Å². The van der Waals surface area contributed by atoms with E-state index in [4.69, 9.17) is 9.47 Å². The summed E-state index contributed by atoms with van der Waals surface area (Å²) in [7, 11) is 1.63. The number of carbonyl (C=O) groups excluding carboxylic acids is 2. The van der Waals surface area contributed by atoms with Crippen LogP contribution in [0.3, 0.4) is 0 Å². The molecule has 1 heterocycles. The Bertz CT molecular complexity index is 296. The molecule has 110 valence electrons. The zero-order chi connectivity index (χ0) is 14.1. The first-order chi connectivity index (χ1) is 9.20. The van der Waals surface area contributed by atoms with Crippen molar-refractivity contribution in [2.24, 2.45) is 0 Å². The Hall–Kier alpha value is -0.980. The molecule has 1 fully saturated rings. The highest BCUT2D eigenvalue weighted by molar-refractivity contribution is 6.05. The maximum Gasteiger partial charge on any atom is 0.246 e. The van der Waals surface area contributed by atoms with E-state index in [1.807, 2.05) is 6.92 Å². The molecule has 0 aromatic rings. The van der Waals surface area contributed by atoms with E-state index in [0.29, 0.717) is 32.9 Å². The van der Waals surface area contributed by atoms with E-state index in [0.717, 1.165) is 12.8 Å². The molecule has 1 aliphatic heterocycles. The van der Waals surface area contributed by atoms with Crippen LogP contribution >= 0.6 is 0 Å². The Morgan fingerprint density at radius 2 is 2.11 bits per heavy atom. The summed E-state index contributed by atoms with van der Waals surface area (Å²) in [6, 6.07) is -0.349. The molecular formula is C13H24N2O4. The first-order valence-electron chi connectivity index (χ1n) is 6.85. The fourth-order valence-corrected chi connectivity index (χ4v) is 2.00. The molecule has 1 rings (SSSR count). The number of ether oxygens (including phenoxy) is 2. The molecule has 0 saturated carbocycles. The molecule has 19 heavy (non-hydrogen) atoms. The van der Waals surface area contributed by atoms with E-state index in [-0.39, 0.29) is 24.3 Å². The fraction of sp³-hybridized carbons (Fsp3) is 0.846. The van der Waals surface area contributed by atoms with Gasteiger partial charge in [-0.15, -0.1) is 0 Å². The molecule has 1 aliphatic rings. The van der Waals surface area contributed by atoms with Crippen molar-refractivity contribution in [3.63, 3.8) is 0 Å². The maximum atomic E-state index is 11.9. The predicted octanol–water partition coefficient (Wildman–Crippen LogP) is 0.167. The molecule has 0 spiro atoms. The van der Waals surface area contributed by atoms with Crippen molar-refractivity contribution in [1.29, 1.82) is 0 Å². The number of hydrogen-bond donors (Lipinski definition) is 1. The van der Waals surface area contributed by atoms with Crippen molar-refractivity contribution in [3.8, 4) is 0 Å². The fourth-order valence-electron chi connectivity index (χ4n) is 2.00. The Morgan fingerprint density at radius 3 is 2.79 bits per heavy atom. The van der Waals surface area contributed by atoms with Crippen LogP contribution in [0.2, 0.25) is 0 Å². The van der Waals surface area contributed by atoms with Gasteiger partial charge in [0, 0.05) is 20.3 Å². The van der Waals surface area contributed by atoms with Gasteiger partial charge in [0.1, 0.15) is 0 Å². The van der Waals surface area contributed by atoms with Gasteiger partial charge in [0.05, 0.1) is 25.7 Å². The lowest BCUT2D eigenvalue weighted by Crippen LogP contribution is -2.39. The SMILES string of the molecule is CCCN1C(=O)CC(NCCCOCCOC)C1=O. The van der Waals surface area contributed by atoms with Crippen LogP contribution in [0.1, 0.15) is 26.2 Å². The largest absolute Gasteiger partial charge is 0.382 e. The van der Waals surface area contributed by atoms with Crippen LogP contribution in [0.15, 0.2) is 0 Å². The van der Waals surface area contributed by atoms with E-state index >= 15 is 0 Å². The Labute approximate surface area is 114 Å². The van der Waals surface area contributed by atoms with E-state index in [2.05, 4.69) is 5.32 Å². The van der Waals surface area contributed by atoms with Crippen LogP contribution in [0, 0.1) is 0 Å². The molecule has 0 bridgehead atoms. The van der Waals surface area contributed by atoms with Gasteiger partial charge in [0.2, 0.25) is 11.8 Å². The van der Waals surface area contributed by atoms with Crippen molar-refractivity contribution in [2.75, 3.05) is 40.0 Å². The highest BCUT2D eigenvalue weighted by Crippen LogP contribution is 2.13. The molecule has 0 radical (unpaired) electrons. The summed E-state index contributed by atoms with van der Waals surface area (Å²) in [6.07, 6.45) is 1.90. The number of methoxy groups -OCH3 is 1. The lowest BCUT2D eigenvalue weighted by atomic mass is 10.2. The smallest absolute Gasteiger partial charge is 0.246 e. The third-order valence-electron chi connectivity index (χ3n) is 2.98. The number of carbonyl (C=O) groups is 2. The zero-order valence-electron chi connectivity index (χ0n) is 11.8. The van der Waals surface area contributed by atoms with E-state index in [1.54, 1.807) is 7.11 Å². The lowest BCUT2D eigenvalue weighted by molar-refractivity contribution is -0.138. The van der Waals surface area contributed by atoms with Gasteiger partial charge in [-0.05, 0) is 19.4 Å². The lowest BCUT2D eigenvalue weighted by Gasteiger charge is -2.14. The van der Waals surface area contributed by atoms with Crippen LogP contribution in [0.5, 0.6) is 0 Å². The molecule has 0 aliphatic carbocycles. The van der Waals surface area contributed by atoms with Crippen molar-refractivity contribution in [1.82, 2.24) is 10.2 Å². The van der Waals surface area contributed by atoms with Crippen LogP contribution in [0.25, 0.3) is 0 Å². The number of nitrogens with zero attached hydrogens (tertiary/aromatic N) is 1. The van der Waals surface area contributed by atoms with Crippen molar-refractivity contribution in [2.45, 2.75) is 32.2 Å². The second-order valence-electron chi connectivity index (χ2n) is 4.55. The van der Waals surface area contributed by atoms with Gasteiger partial charge >= 0.3 is 0 Å². The average molecular weight is 272 g/mol. The second kappa shape index (κ2) is 9.01. The average Bonchev–Trinajstić information content (AvgIpc) is 2.66. The number of nitrogens with one attached hydrogen (secondary N) is 1. The molecule has 1 atom stereocenters. The minimum Gasteiger partial charge on any atom is -0.382 e. The molecule has 2 amide bonds. The standard InChI is InChI=1S/C13H24N2O4/c1-3-6-15-12(16)10-11(13(15)17)14-5-4-7-19-9-8-18-2/h11,14H,3-10H2,1-2H3. The van der Waals surface area contributed by atoms with E-state index < -0.39 is 0 Å². The van der Waals surface area contributed by atoms with Gasteiger partial charge in [-0.25, -0.2) is 0 Å².